The summed E-state index contributed by atoms with van der Waals surface area (Å²) < 4.78 is 34.6. The third-order valence-corrected chi connectivity index (χ3v) is 6.03. The van der Waals surface area contributed by atoms with Crippen molar-refractivity contribution in [2.24, 2.45) is 5.92 Å². The second-order valence-electron chi connectivity index (χ2n) is 8.59. The Balaban J connectivity index is 1.42. The van der Waals surface area contributed by atoms with Crippen LogP contribution in [0.5, 0.6) is 11.5 Å². The van der Waals surface area contributed by atoms with Gasteiger partial charge in [0.1, 0.15) is 11.5 Å². The van der Waals surface area contributed by atoms with Crippen LogP contribution in [0.1, 0.15) is 64.8 Å². The zero-order chi connectivity index (χ0) is 25.4. The Labute approximate surface area is 202 Å². The van der Waals surface area contributed by atoms with Crippen LogP contribution in [0, 0.1) is 12.8 Å². The average molecular weight is 490 g/mol. The molecule has 0 saturated heterocycles. The molecule has 35 heavy (non-hydrogen) atoms. The van der Waals surface area contributed by atoms with E-state index in [9.17, 15) is 23.2 Å². The van der Waals surface area contributed by atoms with Crippen molar-refractivity contribution in [3.05, 3.63) is 59.2 Å². The van der Waals surface area contributed by atoms with Gasteiger partial charge in [-0.25, -0.2) is 0 Å². The third-order valence-electron chi connectivity index (χ3n) is 6.03. The van der Waals surface area contributed by atoms with E-state index in [1.165, 1.54) is 24.3 Å². The maximum absolute atomic E-state index is 12.6. The molecule has 0 heterocycles. The summed E-state index contributed by atoms with van der Waals surface area (Å²) in [5.41, 5.74) is 1.69. The maximum atomic E-state index is 12.6. The molecule has 1 aliphatic carbocycles. The summed E-state index contributed by atoms with van der Waals surface area (Å²) in [6.45, 7) is -0.797. The number of carbonyl (C=O) groups is 3. The molecule has 188 valence electrons. The van der Waals surface area contributed by atoms with Crippen molar-refractivity contribution >= 4 is 17.7 Å². The number of carboxylic acid groups (broad SMARTS) is 1. The van der Waals surface area contributed by atoms with Crippen LogP contribution in [0.3, 0.4) is 0 Å². The number of ketones is 1. The van der Waals surface area contributed by atoms with Crippen molar-refractivity contribution in [1.29, 1.82) is 0 Å². The number of nitrogens with one attached hydrogen (secondary N) is 1. The Hall–Kier alpha value is -3.49. The minimum atomic E-state index is -2.93. The highest BCUT2D eigenvalue weighted by Crippen LogP contribution is 2.29. The van der Waals surface area contributed by atoms with Crippen molar-refractivity contribution in [2.75, 3.05) is 6.54 Å². The fraction of sp³-hybridized carbons (Fsp3) is 0.423. The Morgan fingerprint density at radius 1 is 1.03 bits per heavy atom. The van der Waals surface area contributed by atoms with Crippen LogP contribution in [0.15, 0.2) is 42.5 Å². The maximum Gasteiger partial charge on any atom is 0.387 e. The number of hydrogen-bond donors (Lipinski definition) is 2. The highest BCUT2D eigenvalue weighted by molar-refractivity contribution is 5.97. The lowest BCUT2D eigenvalue weighted by Crippen LogP contribution is -2.27. The molecule has 2 aromatic rings. The predicted molar refractivity (Wildman–Crippen MR) is 124 cm³/mol. The van der Waals surface area contributed by atoms with Gasteiger partial charge in [-0.05, 0) is 87.1 Å². The summed E-state index contributed by atoms with van der Waals surface area (Å²) in [5, 5.41) is 11.8. The SMILES string of the molecule is Cc1cc(OC2CCC(C(=O)O)CC2)ccc1C(=O)CCCNC(=O)c1ccc(OC(F)F)cc1. The molecular weight excluding hydrogens is 460 g/mol. The minimum Gasteiger partial charge on any atom is -0.490 e. The summed E-state index contributed by atoms with van der Waals surface area (Å²) in [5.74, 6) is -0.822. The van der Waals surface area contributed by atoms with Gasteiger partial charge in [0, 0.05) is 24.1 Å². The Kier molecular flexibility index (Phi) is 9.17. The molecule has 0 bridgehead atoms. The number of amides is 1. The van der Waals surface area contributed by atoms with Gasteiger partial charge in [0.2, 0.25) is 0 Å². The third kappa shape index (κ3) is 7.77. The summed E-state index contributed by atoms with van der Waals surface area (Å²) in [4.78, 5) is 35.9. The number of carbonyl (C=O) groups excluding carboxylic acids is 2. The van der Waals surface area contributed by atoms with E-state index in [0.29, 0.717) is 55.5 Å². The van der Waals surface area contributed by atoms with Crippen LogP contribution in [0.2, 0.25) is 0 Å². The van der Waals surface area contributed by atoms with Gasteiger partial charge in [-0.3, -0.25) is 14.4 Å². The molecule has 0 unspecified atom stereocenters. The second kappa shape index (κ2) is 12.3. The smallest absolute Gasteiger partial charge is 0.387 e. The van der Waals surface area contributed by atoms with Crippen LogP contribution in [0.4, 0.5) is 8.78 Å². The first kappa shape index (κ1) is 26.1. The number of Topliss-reactive ketones (excluding diaryl/α,β-unsaturated/α-hetero) is 1. The molecule has 0 atom stereocenters. The molecule has 0 radical (unpaired) electrons. The zero-order valence-corrected chi connectivity index (χ0v) is 19.5. The Morgan fingerprint density at radius 3 is 2.29 bits per heavy atom. The topological polar surface area (TPSA) is 102 Å². The predicted octanol–water partition coefficient (Wildman–Crippen LogP) is 5.01. The van der Waals surface area contributed by atoms with Gasteiger partial charge in [-0.1, -0.05) is 0 Å². The number of rotatable bonds is 11. The molecule has 1 aliphatic rings. The zero-order valence-electron chi connectivity index (χ0n) is 19.5. The number of halogens is 2. The highest BCUT2D eigenvalue weighted by atomic mass is 19.3. The first-order chi connectivity index (χ1) is 16.7. The molecule has 2 aromatic carbocycles. The van der Waals surface area contributed by atoms with Gasteiger partial charge < -0.3 is 19.9 Å². The monoisotopic (exact) mass is 489 g/mol. The van der Waals surface area contributed by atoms with Gasteiger partial charge in [-0.15, -0.1) is 0 Å². The Morgan fingerprint density at radius 2 is 1.69 bits per heavy atom. The molecule has 7 nitrogen and oxygen atoms in total. The molecule has 1 fully saturated rings. The van der Waals surface area contributed by atoms with E-state index >= 15 is 0 Å². The van der Waals surface area contributed by atoms with Gasteiger partial charge in [0.05, 0.1) is 12.0 Å². The van der Waals surface area contributed by atoms with Crippen molar-refractivity contribution in [1.82, 2.24) is 5.32 Å². The summed E-state index contributed by atoms with van der Waals surface area (Å²) in [6, 6.07) is 10.7. The van der Waals surface area contributed by atoms with Gasteiger partial charge in [0.15, 0.2) is 5.78 Å². The molecule has 0 aliphatic heterocycles. The van der Waals surface area contributed by atoms with E-state index in [1.54, 1.807) is 12.1 Å². The van der Waals surface area contributed by atoms with E-state index in [4.69, 9.17) is 9.84 Å². The lowest BCUT2D eigenvalue weighted by Gasteiger charge is -2.27. The number of aliphatic carboxylic acids is 1. The summed E-state index contributed by atoms with van der Waals surface area (Å²) in [6.07, 6.45) is 3.26. The van der Waals surface area contributed by atoms with Crippen LogP contribution in [0.25, 0.3) is 0 Å². The van der Waals surface area contributed by atoms with Crippen molar-refractivity contribution in [3.63, 3.8) is 0 Å². The number of hydrogen-bond acceptors (Lipinski definition) is 5. The van der Waals surface area contributed by atoms with Crippen molar-refractivity contribution in [2.45, 2.75) is 58.2 Å². The molecular formula is C26H29F2NO6. The van der Waals surface area contributed by atoms with Crippen LogP contribution < -0.4 is 14.8 Å². The van der Waals surface area contributed by atoms with Crippen LogP contribution in [-0.2, 0) is 4.79 Å². The standard InChI is InChI=1S/C26H29F2NO6/c1-16-15-21(34-19-10-6-18(7-11-19)25(32)33)12-13-22(16)23(30)3-2-14-29-24(31)17-4-8-20(9-5-17)35-26(27)28/h4-5,8-9,12-13,15,18-19,26H,2-3,6-7,10-11,14H2,1H3,(H,29,31)(H,32,33). The molecule has 0 spiro atoms. The minimum absolute atomic E-state index is 0.0248. The molecule has 1 saturated carbocycles. The number of benzene rings is 2. The fourth-order valence-electron chi connectivity index (χ4n) is 4.12. The van der Waals surface area contributed by atoms with Crippen LogP contribution in [-0.4, -0.2) is 42.0 Å². The molecule has 2 N–H and O–H groups in total. The Bertz CT molecular complexity index is 1030. The first-order valence-corrected chi connectivity index (χ1v) is 11.6. The summed E-state index contributed by atoms with van der Waals surface area (Å²) >= 11 is 0. The summed E-state index contributed by atoms with van der Waals surface area (Å²) in [7, 11) is 0. The van der Waals surface area contributed by atoms with Gasteiger partial charge in [-0.2, -0.15) is 8.78 Å². The number of alkyl halides is 2. The van der Waals surface area contributed by atoms with Crippen molar-refractivity contribution in [3.8, 4) is 11.5 Å². The lowest BCUT2D eigenvalue weighted by molar-refractivity contribution is -0.143. The second-order valence-corrected chi connectivity index (χ2v) is 8.59. The van der Waals surface area contributed by atoms with E-state index in [0.717, 1.165) is 5.56 Å². The quantitative estimate of drug-likeness (QED) is 0.340. The first-order valence-electron chi connectivity index (χ1n) is 11.6. The number of ether oxygens (including phenoxy) is 2. The van der Waals surface area contributed by atoms with Crippen molar-refractivity contribution < 1.29 is 37.7 Å². The van der Waals surface area contributed by atoms with E-state index in [-0.39, 0.29) is 35.9 Å². The molecule has 0 aromatic heterocycles. The number of aryl methyl sites for hydroxylation is 1. The molecule has 3 rings (SSSR count). The molecule has 9 heteroatoms. The normalized spacial score (nSPS) is 17.6. The van der Waals surface area contributed by atoms with E-state index < -0.39 is 12.6 Å². The van der Waals surface area contributed by atoms with Gasteiger partial charge >= 0.3 is 12.6 Å². The number of carboxylic acids is 1. The largest absolute Gasteiger partial charge is 0.490 e. The van der Waals surface area contributed by atoms with Gasteiger partial charge in [0.25, 0.3) is 5.91 Å². The van der Waals surface area contributed by atoms with Crippen LogP contribution >= 0.6 is 0 Å². The van der Waals surface area contributed by atoms with E-state index in [2.05, 4.69) is 10.1 Å². The molecule has 1 amide bonds. The van der Waals surface area contributed by atoms with E-state index in [1.807, 2.05) is 13.0 Å². The highest BCUT2D eigenvalue weighted by Gasteiger charge is 2.27. The average Bonchev–Trinajstić information content (AvgIpc) is 2.82. The lowest BCUT2D eigenvalue weighted by atomic mass is 9.87. The fourth-order valence-corrected chi connectivity index (χ4v) is 4.12.